The summed E-state index contributed by atoms with van der Waals surface area (Å²) in [5.41, 5.74) is 9.27. The van der Waals surface area contributed by atoms with E-state index in [1.54, 1.807) is 0 Å². The lowest BCUT2D eigenvalue weighted by molar-refractivity contribution is 0.324. The Morgan fingerprint density at radius 3 is 2.45 bits per heavy atom. The van der Waals surface area contributed by atoms with E-state index in [0.717, 1.165) is 22.3 Å². The molecule has 20 heavy (non-hydrogen) atoms. The van der Waals surface area contributed by atoms with Gasteiger partial charge in [-0.25, -0.2) is 4.39 Å². The van der Waals surface area contributed by atoms with Crippen LogP contribution in [0.5, 0.6) is 0 Å². The van der Waals surface area contributed by atoms with Crippen molar-refractivity contribution >= 4 is 25.8 Å². The maximum atomic E-state index is 13.8. The number of nitrogens with zero attached hydrogens (tertiary/aromatic N) is 1. The van der Waals surface area contributed by atoms with Gasteiger partial charge in [-0.1, -0.05) is 21.4 Å². The van der Waals surface area contributed by atoms with Gasteiger partial charge in [-0.2, -0.15) is 0 Å². The highest BCUT2D eigenvalue weighted by Gasteiger charge is 2.18. The molecule has 0 radical (unpaired) electrons. The summed E-state index contributed by atoms with van der Waals surface area (Å²) < 4.78 is 15.9. The maximum Gasteiger partial charge on any atom is 0.145 e. The Labute approximate surface area is 119 Å². The molecule has 2 atom stereocenters. The predicted molar refractivity (Wildman–Crippen MR) is 85.9 cm³/mol. The van der Waals surface area contributed by atoms with Gasteiger partial charge in [0.1, 0.15) is 5.41 Å². The van der Waals surface area contributed by atoms with Crippen LogP contribution in [0.3, 0.4) is 0 Å². The number of alkyl halides is 1. The van der Waals surface area contributed by atoms with Gasteiger partial charge in [0.15, 0.2) is 0 Å². The third-order valence-electron chi connectivity index (χ3n) is 3.42. The Kier molecular flexibility index (Phi) is 3.02. The largest absolute Gasteiger partial charge is 0.399 e. The molecule has 2 N–H and O–H groups in total. The van der Waals surface area contributed by atoms with E-state index in [2.05, 4.69) is 13.8 Å². The second-order valence-corrected chi connectivity index (χ2v) is 6.21. The van der Waals surface area contributed by atoms with Crippen molar-refractivity contribution < 1.29 is 4.39 Å². The van der Waals surface area contributed by atoms with Crippen molar-refractivity contribution in [3.8, 4) is 5.69 Å². The first-order valence-corrected chi connectivity index (χ1v) is 6.98. The van der Waals surface area contributed by atoms with Crippen molar-refractivity contribution in [3.05, 3.63) is 60.3 Å². The summed E-state index contributed by atoms with van der Waals surface area (Å²) in [6.07, 6.45) is 1.99. The Morgan fingerprint density at radius 1 is 1.10 bits per heavy atom. The number of aromatic nitrogens is 1. The number of benzene rings is 2. The topological polar surface area (TPSA) is 30.9 Å². The van der Waals surface area contributed by atoms with E-state index < -0.39 is 5.41 Å². The molecular formula is C16H16FN2P. The summed E-state index contributed by atoms with van der Waals surface area (Å²) in [6.45, 7) is 1.53. The lowest BCUT2D eigenvalue weighted by Gasteiger charge is -2.15. The molecule has 0 aliphatic rings. The number of hydrogen-bond donors (Lipinski definition) is 1. The summed E-state index contributed by atoms with van der Waals surface area (Å²) in [7, 11) is 2.21. The molecule has 2 aromatic carbocycles. The smallest absolute Gasteiger partial charge is 0.145 e. The zero-order valence-corrected chi connectivity index (χ0v) is 12.3. The summed E-state index contributed by atoms with van der Waals surface area (Å²) >= 11 is 0. The van der Waals surface area contributed by atoms with Crippen molar-refractivity contribution in [2.24, 2.45) is 0 Å². The van der Waals surface area contributed by atoms with Crippen LogP contribution in [0.25, 0.3) is 16.6 Å². The molecule has 2 unspecified atom stereocenters. The summed E-state index contributed by atoms with van der Waals surface area (Å²) in [6, 6.07) is 15.3. The average Bonchev–Trinajstić information content (AvgIpc) is 2.80. The van der Waals surface area contributed by atoms with Gasteiger partial charge >= 0.3 is 0 Å². The zero-order chi connectivity index (χ0) is 14.3. The fraction of sp³-hybridized carbons (Fsp3) is 0.125. The fourth-order valence-electron chi connectivity index (χ4n) is 2.33. The standard InChI is InChI=1S/C16H16FN2P/c1-16(17,20)12-2-5-14(6-3-12)19-9-8-11-10-13(18)4-7-15(11)19/h2-10H,18,20H2,1H3. The first-order valence-electron chi connectivity index (χ1n) is 6.40. The van der Waals surface area contributed by atoms with Crippen molar-refractivity contribution in [3.63, 3.8) is 0 Å². The van der Waals surface area contributed by atoms with Crippen molar-refractivity contribution in [2.45, 2.75) is 12.3 Å². The monoisotopic (exact) mass is 286 g/mol. The first kappa shape index (κ1) is 13.1. The molecule has 102 valence electrons. The van der Waals surface area contributed by atoms with Crippen LogP contribution >= 0.6 is 9.24 Å². The molecule has 0 saturated carbocycles. The molecule has 2 nitrogen and oxygen atoms in total. The van der Waals surface area contributed by atoms with E-state index in [4.69, 9.17) is 5.73 Å². The van der Waals surface area contributed by atoms with E-state index in [-0.39, 0.29) is 0 Å². The van der Waals surface area contributed by atoms with E-state index in [1.807, 2.05) is 54.7 Å². The third kappa shape index (κ3) is 2.30. The number of halogens is 1. The molecule has 4 heteroatoms. The Bertz CT molecular complexity index is 754. The van der Waals surface area contributed by atoms with E-state index in [1.165, 1.54) is 6.92 Å². The molecule has 0 amide bonds. The molecule has 0 fully saturated rings. The van der Waals surface area contributed by atoms with Gasteiger partial charge in [-0.3, -0.25) is 0 Å². The first-order chi connectivity index (χ1) is 9.45. The highest BCUT2D eigenvalue weighted by atomic mass is 31.0. The number of anilines is 1. The number of rotatable bonds is 2. The van der Waals surface area contributed by atoms with Gasteiger partial charge < -0.3 is 10.3 Å². The maximum absolute atomic E-state index is 13.8. The van der Waals surface area contributed by atoms with E-state index in [0.29, 0.717) is 5.56 Å². The lowest BCUT2D eigenvalue weighted by Crippen LogP contribution is -2.04. The predicted octanol–water partition coefficient (Wildman–Crippen LogP) is 4.23. The number of nitrogen functional groups attached to an aromatic ring is 1. The molecule has 3 aromatic rings. The van der Waals surface area contributed by atoms with Gasteiger partial charge in [0, 0.05) is 23.0 Å². The highest BCUT2D eigenvalue weighted by Crippen LogP contribution is 2.33. The Balaban J connectivity index is 2.07. The Hall–Kier alpha value is -1.86. The van der Waals surface area contributed by atoms with E-state index >= 15 is 0 Å². The van der Waals surface area contributed by atoms with E-state index in [9.17, 15) is 4.39 Å². The minimum atomic E-state index is -1.40. The van der Waals surface area contributed by atoms with Crippen LogP contribution < -0.4 is 5.73 Å². The molecule has 0 aliphatic heterocycles. The number of hydrogen-bond acceptors (Lipinski definition) is 1. The zero-order valence-electron chi connectivity index (χ0n) is 11.2. The second-order valence-electron chi connectivity index (χ2n) is 5.13. The van der Waals surface area contributed by atoms with Crippen LogP contribution in [0, 0.1) is 0 Å². The van der Waals surface area contributed by atoms with Crippen molar-refractivity contribution in [2.75, 3.05) is 5.73 Å². The molecule has 0 saturated heterocycles. The normalized spacial score (nSPS) is 14.3. The van der Waals surface area contributed by atoms with Crippen LogP contribution in [-0.2, 0) is 5.41 Å². The molecule has 0 spiro atoms. The van der Waals surface area contributed by atoms with Crippen molar-refractivity contribution in [1.82, 2.24) is 4.57 Å². The second kappa shape index (κ2) is 4.60. The minimum absolute atomic E-state index is 0.645. The number of fused-ring (bicyclic) bond motifs is 1. The minimum Gasteiger partial charge on any atom is -0.399 e. The third-order valence-corrected chi connectivity index (χ3v) is 3.76. The number of nitrogens with two attached hydrogens (primary N) is 1. The highest BCUT2D eigenvalue weighted by molar-refractivity contribution is 7.18. The quantitative estimate of drug-likeness (QED) is 0.554. The van der Waals surface area contributed by atoms with Crippen LogP contribution in [0.2, 0.25) is 0 Å². The molecule has 0 aliphatic carbocycles. The molecule has 1 heterocycles. The van der Waals surface area contributed by atoms with Gasteiger partial charge in [-0.05, 0) is 48.9 Å². The van der Waals surface area contributed by atoms with Crippen LogP contribution in [-0.4, -0.2) is 4.57 Å². The summed E-state index contributed by atoms with van der Waals surface area (Å²) in [4.78, 5) is 0. The SMILES string of the molecule is CC(F)(P)c1ccc(-n2ccc3cc(N)ccc32)cc1. The lowest BCUT2D eigenvalue weighted by atomic mass is 10.1. The van der Waals surface area contributed by atoms with Crippen LogP contribution in [0.15, 0.2) is 54.7 Å². The molecule has 0 bridgehead atoms. The summed E-state index contributed by atoms with van der Waals surface area (Å²) in [5, 5.41) is -0.304. The average molecular weight is 286 g/mol. The molecular weight excluding hydrogens is 270 g/mol. The molecule has 1 aromatic heterocycles. The van der Waals surface area contributed by atoms with Gasteiger partial charge in [0.2, 0.25) is 0 Å². The summed E-state index contributed by atoms with van der Waals surface area (Å²) in [5.74, 6) is 0. The van der Waals surface area contributed by atoms with Crippen LogP contribution in [0.1, 0.15) is 12.5 Å². The van der Waals surface area contributed by atoms with Gasteiger partial charge in [0.25, 0.3) is 0 Å². The Morgan fingerprint density at radius 2 is 1.80 bits per heavy atom. The van der Waals surface area contributed by atoms with Gasteiger partial charge in [-0.15, -0.1) is 0 Å². The molecule has 3 rings (SSSR count). The fourth-order valence-corrected chi connectivity index (χ4v) is 2.53. The van der Waals surface area contributed by atoms with Gasteiger partial charge in [0.05, 0.1) is 5.52 Å². The van der Waals surface area contributed by atoms with Crippen molar-refractivity contribution in [1.29, 1.82) is 0 Å². The van der Waals surface area contributed by atoms with Crippen LogP contribution in [0.4, 0.5) is 10.1 Å².